The maximum Gasteiger partial charge on any atom is 0.327 e. The molecule has 1 aliphatic heterocycles. The molecule has 0 aliphatic carbocycles. The molecule has 1 aromatic carbocycles. The Morgan fingerprint density at radius 2 is 2.12 bits per heavy atom. The van der Waals surface area contributed by atoms with Gasteiger partial charge in [-0.3, -0.25) is 9.48 Å². The Kier molecular flexibility index (Phi) is 8.72. The summed E-state index contributed by atoms with van der Waals surface area (Å²) in [5.41, 5.74) is 4.95. The maximum absolute atomic E-state index is 11.7. The van der Waals surface area contributed by atoms with Crippen LogP contribution in [0.4, 0.5) is 0 Å². The zero-order valence-electron chi connectivity index (χ0n) is 22.7. The molecule has 4 aromatic rings. The first-order chi connectivity index (χ1) is 19.4. The minimum Gasteiger partial charge on any atom is -0.475 e. The normalized spacial score (nSPS) is 15.3. The van der Waals surface area contributed by atoms with Crippen LogP contribution in [0.2, 0.25) is 0 Å². The second-order valence-electron chi connectivity index (χ2n) is 9.46. The Morgan fingerprint density at radius 3 is 2.88 bits per heavy atom. The van der Waals surface area contributed by atoms with E-state index in [0.717, 1.165) is 62.9 Å². The number of aryl methyl sites for hydroxylation is 2. The number of nitrogens with zero attached hydrogens (tertiary/aromatic N) is 6. The summed E-state index contributed by atoms with van der Waals surface area (Å²) in [6.07, 6.45) is 10.6. The molecule has 0 saturated carbocycles. The fourth-order valence-corrected chi connectivity index (χ4v) is 5.32. The van der Waals surface area contributed by atoms with Crippen molar-refractivity contribution in [1.29, 1.82) is 0 Å². The van der Waals surface area contributed by atoms with Crippen molar-refractivity contribution in [3.05, 3.63) is 45.0 Å². The van der Waals surface area contributed by atoms with Crippen molar-refractivity contribution in [3.63, 3.8) is 0 Å². The number of carbonyl (C=O) groups is 1. The van der Waals surface area contributed by atoms with Crippen molar-refractivity contribution in [2.45, 2.75) is 45.6 Å². The molecule has 11 nitrogen and oxygen atoms in total. The topological polar surface area (TPSA) is 107 Å². The average Bonchev–Trinajstić information content (AvgIpc) is 3.61. The molecule has 1 aliphatic rings. The van der Waals surface area contributed by atoms with E-state index >= 15 is 0 Å². The molecule has 1 fully saturated rings. The molecule has 12 heteroatoms. The summed E-state index contributed by atoms with van der Waals surface area (Å²) in [6.45, 7) is 3.58. The predicted octanol–water partition coefficient (Wildman–Crippen LogP) is 4.00. The van der Waals surface area contributed by atoms with Gasteiger partial charge in [0, 0.05) is 19.0 Å². The number of rotatable bonds is 10. The Hall–Kier alpha value is -3.41. The van der Waals surface area contributed by atoms with Crippen LogP contribution in [0.25, 0.3) is 22.0 Å². The third kappa shape index (κ3) is 5.72. The van der Waals surface area contributed by atoms with Crippen LogP contribution in [0, 0.1) is 22.8 Å². The van der Waals surface area contributed by atoms with E-state index in [1.807, 2.05) is 36.9 Å². The predicted molar refractivity (Wildman–Crippen MR) is 156 cm³/mol. The van der Waals surface area contributed by atoms with Crippen LogP contribution < -0.4 is 4.74 Å². The Bertz CT molecular complexity index is 1560. The van der Waals surface area contributed by atoms with Crippen LogP contribution in [0.1, 0.15) is 42.6 Å². The number of aromatic nitrogens is 6. The maximum atomic E-state index is 11.7. The van der Waals surface area contributed by atoms with E-state index in [0.29, 0.717) is 24.8 Å². The van der Waals surface area contributed by atoms with Crippen LogP contribution >= 0.6 is 22.6 Å². The molecule has 0 N–H and O–H groups in total. The third-order valence-electron chi connectivity index (χ3n) is 6.83. The first-order valence-electron chi connectivity index (χ1n) is 13.0. The number of hydrogen-bond donors (Lipinski definition) is 0. The molecule has 1 saturated heterocycles. The lowest BCUT2D eigenvalue weighted by atomic mass is 10.1. The molecule has 0 amide bonds. The number of esters is 1. The first kappa shape index (κ1) is 28.1. The lowest BCUT2D eigenvalue weighted by molar-refractivity contribution is -0.141. The first-order valence-corrected chi connectivity index (χ1v) is 14.1. The second kappa shape index (κ2) is 12.4. The van der Waals surface area contributed by atoms with Crippen molar-refractivity contribution in [3.8, 4) is 29.4 Å². The zero-order valence-corrected chi connectivity index (χ0v) is 24.9. The molecule has 4 heterocycles. The lowest BCUT2D eigenvalue weighted by Crippen LogP contribution is -2.19. The zero-order chi connectivity index (χ0) is 28.2. The minimum absolute atomic E-state index is 0.0340. The number of methoxy groups -OCH3 is 1. The van der Waals surface area contributed by atoms with Gasteiger partial charge in [0.15, 0.2) is 6.23 Å². The SMILES string of the molecule is C#Cc1nn(C2CCCCO2)c2ccc(-c3cnn(C)c3OCCOCc3c(I)c(C)nn3CC(=O)OC)cc12. The highest BCUT2D eigenvalue weighted by atomic mass is 127. The van der Waals surface area contributed by atoms with E-state index in [-0.39, 0.29) is 25.3 Å². The van der Waals surface area contributed by atoms with Crippen LogP contribution in [0.15, 0.2) is 24.4 Å². The van der Waals surface area contributed by atoms with E-state index in [9.17, 15) is 4.79 Å². The average molecular weight is 658 g/mol. The third-order valence-corrected chi connectivity index (χ3v) is 8.24. The summed E-state index contributed by atoms with van der Waals surface area (Å²) in [5, 5.41) is 14.4. The van der Waals surface area contributed by atoms with Gasteiger partial charge in [-0.05, 0) is 72.4 Å². The fourth-order valence-electron chi connectivity index (χ4n) is 4.78. The quantitative estimate of drug-likeness (QED) is 0.109. The Balaban J connectivity index is 1.27. The molecule has 5 rings (SSSR count). The van der Waals surface area contributed by atoms with Crippen LogP contribution in [-0.2, 0) is 39.2 Å². The van der Waals surface area contributed by atoms with Crippen molar-refractivity contribution >= 4 is 39.5 Å². The van der Waals surface area contributed by atoms with E-state index in [1.165, 1.54) is 7.11 Å². The van der Waals surface area contributed by atoms with Gasteiger partial charge in [-0.1, -0.05) is 6.07 Å². The van der Waals surface area contributed by atoms with E-state index in [4.69, 9.17) is 25.4 Å². The van der Waals surface area contributed by atoms with Gasteiger partial charge < -0.3 is 18.9 Å². The molecule has 0 bridgehead atoms. The number of ether oxygens (including phenoxy) is 4. The molecular formula is C28H31IN6O5. The number of terminal acetylenes is 1. The molecule has 1 atom stereocenters. The smallest absolute Gasteiger partial charge is 0.327 e. The molecule has 3 aromatic heterocycles. The lowest BCUT2D eigenvalue weighted by Gasteiger charge is -2.23. The van der Waals surface area contributed by atoms with Gasteiger partial charge in [0.2, 0.25) is 5.88 Å². The van der Waals surface area contributed by atoms with Crippen molar-refractivity contribution in [2.75, 3.05) is 26.9 Å². The molecule has 40 heavy (non-hydrogen) atoms. The van der Waals surface area contributed by atoms with Crippen LogP contribution in [0.3, 0.4) is 0 Å². The van der Waals surface area contributed by atoms with Gasteiger partial charge in [0.1, 0.15) is 18.8 Å². The summed E-state index contributed by atoms with van der Waals surface area (Å²) in [6, 6.07) is 6.08. The van der Waals surface area contributed by atoms with Crippen molar-refractivity contribution < 1.29 is 23.7 Å². The van der Waals surface area contributed by atoms with Gasteiger partial charge in [-0.2, -0.15) is 15.3 Å². The number of fused-ring (bicyclic) bond motifs is 1. The number of halogens is 1. The summed E-state index contributed by atoms with van der Waals surface area (Å²) >= 11 is 2.21. The summed E-state index contributed by atoms with van der Waals surface area (Å²) < 4.78 is 28.9. The summed E-state index contributed by atoms with van der Waals surface area (Å²) in [5.74, 6) is 2.98. The second-order valence-corrected chi connectivity index (χ2v) is 10.5. The molecule has 1 unspecified atom stereocenters. The molecular weight excluding hydrogens is 627 g/mol. The van der Waals surface area contributed by atoms with Crippen LogP contribution in [0.5, 0.6) is 5.88 Å². The standard InChI is InChI=1S/C28H31IN6O5/c1-5-22-20-14-19(9-10-23(20)35(32-22)25-8-6-7-11-39-25)21-15-30-33(3)28(21)40-13-12-38-17-24-27(29)18(2)31-34(24)16-26(36)37-4/h1,9-10,14-15,25H,6-8,11-13,16-17H2,2-4H3. The Morgan fingerprint density at radius 1 is 1.27 bits per heavy atom. The number of benzene rings is 1. The van der Waals surface area contributed by atoms with Crippen molar-refractivity contribution in [2.24, 2.45) is 7.05 Å². The number of carbonyl (C=O) groups excluding carboxylic acids is 1. The molecule has 210 valence electrons. The van der Waals surface area contributed by atoms with Gasteiger partial charge in [0.05, 0.1) is 52.6 Å². The molecule has 0 spiro atoms. The molecule has 0 radical (unpaired) electrons. The van der Waals surface area contributed by atoms with E-state index in [2.05, 4.69) is 43.8 Å². The fraction of sp³-hybridized carbons (Fsp3) is 0.429. The van der Waals surface area contributed by atoms with Crippen LogP contribution in [-0.4, -0.2) is 62.2 Å². The van der Waals surface area contributed by atoms with Gasteiger partial charge in [0.25, 0.3) is 0 Å². The van der Waals surface area contributed by atoms with Gasteiger partial charge in [-0.25, -0.2) is 9.36 Å². The van der Waals surface area contributed by atoms with E-state index in [1.54, 1.807) is 15.6 Å². The van der Waals surface area contributed by atoms with E-state index < -0.39 is 0 Å². The Labute approximate surface area is 245 Å². The largest absolute Gasteiger partial charge is 0.475 e. The summed E-state index contributed by atoms with van der Waals surface area (Å²) in [4.78, 5) is 11.7. The summed E-state index contributed by atoms with van der Waals surface area (Å²) in [7, 11) is 3.19. The highest BCUT2D eigenvalue weighted by molar-refractivity contribution is 14.1. The van der Waals surface area contributed by atoms with Crippen molar-refractivity contribution in [1.82, 2.24) is 29.3 Å². The minimum atomic E-state index is -0.366. The highest BCUT2D eigenvalue weighted by Gasteiger charge is 2.22. The highest BCUT2D eigenvalue weighted by Crippen LogP contribution is 2.34. The van der Waals surface area contributed by atoms with Gasteiger partial charge in [-0.15, -0.1) is 6.42 Å². The monoisotopic (exact) mass is 658 g/mol. The van der Waals surface area contributed by atoms with Gasteiger partial charge >= 0.3 is 5.97 Å². The number of hydrogen-bond acceptors (Lipinski definition) is 8.